The number of aryl methyl sites for hydroxylation is 2. The fourth-order valence-electron chi connectivity index (χ4n) is 3.43. The number of para-hydroxylation sites is 1. The number of nitrogens with zero attached hydrogens (tertiary/aromatic N) is 1. The summed E-state index contributed by atoms with van der Waals surface area (Å²) >= 11 is 0. The molecule has 5 nitrogen and oxygen atoms in total. The van der Waals surface area contributed by atoms with E-state index in [1.54, 1.807) is 12.0 Å². The van der Waals surface area contributed by atoms with E-state index in [-0.39, 0.29) is 11.8 Å². The van der Waals surface area contributed by atoms with Crippen molar-refractivity contribution in [3.8, 4) is 5.75 Å². The van der Waals surface area contributed by atoms with E-state index in [1.807, 2.05) is 50.2 Å². The van der Waals surface area contributed by atoms with Crippen LogP contribution in [0.5, 0.6) is 5.75 Å². The van der Waals surface area contributed by atoms with Crippen molar-refractivity contribution >= 4 is 17.5 Å². The maximum absolute atomic E-state index is 13.1. The Morgan fingerprint density at radius 3 is 2.52 bits per heavy atom. The van der Waals surface area contributed by atoms with Gasteiger partial charge in [-0.3, -0.25) is 9.59 Å². The Hall–Kier alpha value is -2.82. The average molecular weight is 338 g/mol. The van der Waals surface area contributed by atoms with Crippen molar-refractivity contribution in [3.63, 3.8) is 0 Å². The molecule has 0 spiro atoms. The zero-order chi connectivity index (χ0) is 18.1. The van der Waals surface area contributed by atoms with Gasteiger partial charge < -0.3 is 15.0 Å². The minimum atomic E-state index is -0.637. The lowest BCUT2D eigenvalue weighted by Gasteiger charge is -2.21. The summed E-state index contributed by atoms with van der Waals surface area (Å²) in [6.07, 6.45) is 0. The molecular formula is C20H22N2O3. The fourth-order valence-corrected chi connectivity index (χ4v) is 3.43. The first kappa shape index (κ1) is 17.0. The van der Waals surface area contributed by atoms with Crippen molar-refractivity contribution in [2.75, 3.05) is 12.0 Å². The molecular weight excluding hydrogens is 316 g/mol. The smallest absolute Gasteiger partial charge is 0.254 e. The first-order valence-corrected chi connectivity index (χ1v) is 8.24. The second kappa shape index (κ2) is 6.59. The molecule has 2 aromatic rings. The predicted molar refractivity (Wildman–Crippen MR) is 96.7 cm³/mol. The zero-order valence-electron chi connectivity index (χ0n) is 14.9. The van der Waals surface area contributed by atoms with Gasteiger partial charge in [-0.1, -0.05) is 30.3 Å². The monoisotopic (exact) mass is 338 g/mol. The first-order chi connectivity index (χ1) is 11.9. The van der Waals surface area contributed by atoms with Gasteiger partial charge in [-0.15, -0.1) is 0 Å². The molecule has 2 amide bonds. The molecule has 0 saturated heterocycles. The topological polar surface area (TPSA) is 58.6 Å². The van der Waals surface area contributed by atoms with Crippen LogP contribution in [0.2, 0.25) is 0 Å². The van der Waals surface area contributed by atoms with E-state index in [0.29, 0.717) is 6.54 Å². The molecule has 0 saturated carbocycles. The van der Waals surface area contributed by atoms with Crippen LogP contribution in [-0.2, 0) is 16.1 Å². The van der Waals surface area contributed by atoms with Gasteiger partial charge in [0.2, 0.25) is 5.91 Å². The second-order valence-corrected chi connectivity index (χ2v) is 6.33. The number of benzene rings is 2. The number of carbonyl (C=O) groups excluding carboxylic acids is 2. The number of anilines is 1. The highest BCUT2D eigenvalue weighted by Gasteiger charge is 2.40. The van der Waals surface area contributed by atoms with Crippen LogP contribution < -0.4 is 15.0 Å². The summed E-state index contributed by atoms with van der Waals surface area (Å²) in [7, 11) is 1.62. The molecule has 1 aliphatic rings. The maximum Gasteiger partial charge on any atom is 0.254 e. The highest BCUT2D eigenvalue weighted by atomic mass is 16.5. The zero-order valence-corrected chi connectivity index (χ0v) is 14.9. The van der Waals surface area contributed by atoms with Gasteiger partial charge in [-0.25, -0.2) is 0 Å². The van der Waals surface area contributed by atoms with Crippen LogP contribution in [0.4, 0.5) is 5.69 Å². The summed E-state index contributed by atoms with van der Waals surface area (Å²) in [5.74, 6) is 0.406. The van der Waals surface area contributed by atoms with Gasteiger partial charge in [-0.2, -0.15) is 0 Å². The molecule has 130 valence electrons. The van der Waals surface area contributed by atoms with Crippen LogP contribution >= 0.6 is 0 Å². The number of carbonyl (C=O) groups is 2. The Morgan fingerprint density at radius 1 is 1.16 bits per heavy atom. The quantitative estimate of drug-likeness (QED) is 0.932. The van der Waals surface area contributed by atoms with Gasteiger partial charge in [0, 0.05) is 18.1 Å². The molecule has 0 bridgehead atoms. The number of rotatable bonds is 4. The highest BCUT2D eigenvalue weighted by molar-refractivity contribution is 6.07. The summed E-state index contributed by atoms with van der Waals surface area (Å²) in [6.45, 7) is 5.78. The third-order valence-corrected chi connectivity index (χ3v) is 4.58. The van der Waals surface area contributed by atoms with Crippen LogP contribution in [0.1, 0.15) is 35.2 Å². The van der Waals surface area contributed by atoms with Gasteiger partial charge in [0.1, 0.15) is 11.8 Å². The van der Waals surface area contributed by atoms with Crippen LogP contribution in [0, 0.1) is 13.8 Å². The minimum absolute atomic E-state index is 0.117. The Morgan fingerprint density at radius 2 is 1.84 bits per heavy atom. The van der Waals surface area contributed by atoms with Crippen molar-refractivity contribution in [1.29, 1.82) is 0 Å². The van der Waals surface area contributed by atoms with E-state index in [0.717, 1.165) is 33.7 Å². The Bertz CT molecular complexity index is 845. The molecule has 0 aliphatic carbocycles. The third-order valence-electron chi connectivity index (χ3n) is 4.58. The fraction of sp³-hybridized carbons (Fsp3) is 0.300. The summed E-state index contributed by atoms with van der Waals surface area (Å²) in [5.41, 5.74) is 4.70. The van der Waals surface area contributed by atoms with Crippen LogP contribution in [-0.4, -0.2) is 18.9 Å². The molecule has 25 heavy (non-hydrogen) atoms. The van der Waals surface area contributed by atoms with Crippen molar-refractivity contribution in [3.05, 3.63) is 58.7 Å². The lowest BCUT2D eigenvalue weighted by Crippen LogP contribution is -2.36. The lowest BCUT2D eigenvalue weighted by atomic mass is 9.99. The molecule has 5 heteroatoms. The van der Waals surface area contributed by atoms with Crippen molar-refractivity contribution < 1.29 is 14.3 Å². The van der Waals surface area contributed by atoms with E-state index in [1.165, 1.54) is 6.92 Å². The minimum Gasteiger partial charge on any atom is -0.496 e. The number of amides is 2. The lowest BCUT2D eigenvalue weighted by molar-refractivity contribution is -0.126. The molecule has 1 atom stereocenters. The molecule has 3 rings (SSSR count). The predicted octanol–water partition coefficient (Wildman–Crippen LogP) is 3.04. The average Bonchev–Trinajstić information content (AvgIpc) is 2.85. The van der Waals surface area contributed by atoms with E-state index in [9.17, 15) is 9.59 Å². The summed E-state index contributed by atoms with van der Waals surface area (Å²) in [6, 6.07) is 11.0. The molecule has 0 aromatic heterocycles. The number of hydrogen-bond donors (Lipinski definition) is 1. The van der Waals surface area contributed by atoms with Gasteiger partial charge in [0.05, 0.1) is 19.3 Å². The molecule has 2 aromatic carbocycles. The SMILES string of the molecule is COc1ccccc1CN1C(=O)C(NC(C)=O)c2c(C)ccc(C)c21. The Kier molecular flexibility index (Phi) is 4.49. The summed E-state index contributed by atoms with van der Waals surface area (Å²) in [4.78, 5) is 26.4. The largest absolute Gasteiger partial charge is 0.496 e. The molecule has 0 fully saturated rings. The summed E-state index contributed by atoms with van der Waals surface area (Å²) < 4.78 is 5.42. The Balaban J connectivity index is 2.08. The van der Waals surface area contributed by atoms with E-state index < -0.39 is 6.04 Å². The van der Waals surface area contributed by atoms with Gasteiger partial charge in [0.25, 0.3) is 5.91 Å². The number of methoxy groups -OCH3 is 1. The van der Waals surface area contributed by atoms with Crippen LogP contribution in [0.25, 0.3) is 0 Å². The van der Waals surface area contributed by atoms with Gasteiger partial charge in [0.15, 0.2) is 0 Å². The van der Waals surface area contributed by atoms with Crippen molar-refractivity contribution in [2.24, 2.45) is 0 Å². The molecule has 0 radical (unpaired) electrons. The number of hydrogen-bond acceptors (Lipinski definition) is 3. The number of ether oxygens (including phenoxy) is 1. The van der Waals surface area contributed by atoms with E-state index >= 15 is 0 Å². The van der Waals surface area contributed by atoms with Crippen LogP contribution in [0.15, 0.2) is 36.4 Å². The van der Waals surface area contributed by atoms with Gasteiger partial charge in [-0.05, 0) is 31.0 Å². The standard InChI is InChI=1S/C20H22N2O3/c1-12-9-10-13(2)19-17(12)18(21-14(3)23)20(24)22(19)11-15-7-5-6-8-16(15)25-4/h5-10,18H,11H2,1-4H3,(H,21,23). The van der Waals surface area contributed by atoms with Gasteiger partial charge >= 0.3 is 0 Å². The summed E-state index contributed by atoms with van der Waals surface area (Å²) in [5, 5.41) is 2.80. The van der Waals surface area contributed by atoms with Crippen molar-refractivity contribution in [2.45, 2.75) is 33.4 Å². The normalized spacial score (nSPS) is 15.9. The number of nitrogens with one attached hydrogen (secondary N) is 1. The molecule has 1 N–H and O–H groups in total. The molecule has 1 aliphatic heterocycles. The highest BCUT2D eigenvalue weighted by Crippen LogP contribution is 2.41. The van der Waals surface area contributed by atoms with E-state index in [2.05, 4.69) is 5.32 Å². The first-order valence-electron chi connectivity index (χ1n) is 8.24. The van der Waals surface area contributed by atoms with E-state index in [4.69, 9.17) is 4.74 Å². The third kappa shape index (κ3) is 2.97. The van der Waals surface area contributed by atoms with Crippen LogP contribution in [0.3, 0.4) is 0 Å². The van der Waals surface area contributed by atoms with Crippen molar-refractivity contribution in [1.82, 2.24) is 5.32 Å². The molecule has 1 unspecified atom stereocenters. The molecule has 1 heterocycles. The second-order valence-electron chi connectivity index (χ2n) is 6.33. The number of fused-ring (bicyclic) bond motifs is 1. The Labute approximate surface area is 147 Å². The maximum atomic E-state index is 13.1.